The van der Waals surface area contributed by atoms with Gasteiger partial charge in [0, 0.05) is 18.2 Å². The van der Waals surface area contributed by atoms with E-state index >= 15 is 0 Å². The van der Waals surface area contributed by atoms with Gasteiger partial charge in [0.2, 0.25) is 0 Å². The molecule has 0 bridgehead atoms. The molecule has 0 saturated carbocycles. The highest BCUT2D eigenvalue weighted by molar-refractivity contribution is 5.13. The van der Waals surface area contributed by atoms with Crippen molar-refractivity contribution in [2.24, 2.45) is 0 Å². The predicted octanol–water partition coefficient (Wildman–Crippen LogP) is 0.0877. The van der Waals surface area contributed by atoms with Crippen LogP contribution >= 0.6 is 0 Å². The largest absolute Gasteiger partial charge is 0.394 e. The molecule has 0 spiro atoms. The molecule has 1 unspecified atom stereocenters. The van der Waals surface area contributed by atoms with Gasteiger partial charge in [-0.1, -0.05) is 30.3 Å². The maximum atomic E-state index is 12.2. The van der Waals surface area contributed by atoms with Crippen LogP contribution in [-0.4, -0.2) is 57.9 Å². The van der Waals surface area contributed by atoms with Gasteiger partial charge in [-0.3, -0.25) is 14.3 Å². The zero-order valence-electron chi connectivity index (χ0n) is 16.2. The zero-order chi connectivity index (χ0) is 20.8. The number of aromatic amines is 1. The highest BCUT2D eigenvalue weighted by atomic mass is 16.6. The molecule has 9 heteroatoms. The van der Waals surface area contributed by atoms with Crippen LogP contribution in [0.2, 0.25) is 0 Å². The van der Waals surface area contributed by atoms with Gasteiger partial charge < -0.3 is 24.4 Å². The van der Waals surface area contributed by atoms with Gasteiger partial charge in [-0.05, 0) is 12.5 Å². The number of nitrogens with one attached hydrogen (secondary N) is 1. The summed E-state index contributed by atoms with van der Waals surface area (Å²) in [6.07, 6.45) is -0.553. The van der Waals surface area contributed by atoms with E-state index < -0.39 is 36.3 Å². The topological polar surface area (TPSA) is 123 Å². The number of benzene rings is 1. The molecule has 1 saturated heterocycles. The lowest BCUT2D eigenvalue weighted by atomic mass is 10.1. The van der Waals surface area contributed by atoms with E-state index in [0.29, 0.717) is 18.6 Å². The van der Waals surface area contributed by atoms with E-state index in [1.165, 1.54) is 10.8 Å². The average Bonchev–Trinajstić information content (AvgIpc) is 3.12. The summed E-state index contributed by atoms with van der Waals surface area (Å²) in [5, 5.41) is 18.4. The fourth-order valence-electron chi connectivity index (χ4n) is 3.15. The van der Waals surface area contributed by atoms with Crippen LogP contribution in [0.15, 0.2) is 46.1 Å². The Morgan fingerprint density at radius 1 is 1.31 bits per heavy atom. The lowest BCUT2D eigenvalue weighted by molar-refractivity contribution is -0.0924. The van der Waals surface area contributed by atoms with E-state index in [0.717, 1.165) is 5.56 Å². The standard InChI is InChI=1S/C20H26N2O7/c1-13-8-22(20(26)21-19(13)25)18-7-16(28-10-14-5-3-2-4-6-14)17(29-18)12-27-11-15(24)9-23/h2-6,8,15-18,23-24H,7,9-12H2,1H3,(H,21,25,26)/t15?,16-,17+,18+/m0/s1. The molecule has 1 aromatic carbocycles. The minimum Gasteiger partial charge on any atom is -0.394 e. The molecule has 1 aliphatic heterocycles. The van der Waals surface area contributed by atoms with Crippen LogP contribution in [-0.2, 0) is 20.8 Å². The zero-order valence-corrected chi connectivity index (χ0v) is 16.2. The first-order chi connectivity index (χ1) is 14.0. The third-order valence-corrected chi connectivity index (χ3v) is 4.75. The Kier molecular flexibility index (Phi) is 7.34. The first-order valence-electron chi connectivity index (χ1n) is 9.47. The Labute approximate surface area is 167 Å². The van der Waals surface area contributed by atoms with E-state index in [4.69, 9.17) is 19.3 Å². The Hall–Kier alpha value is -2.30. The summed E-state index contributed by atoms with van der Waals surface area (Å²) >= 11 is 0. The highest BCUT2D eigenvalue weighted by Gasteiger charge is 2.38. The smallest absolute Gasteiger partial charge is 0.330 e. The maximum Gasteiger partial charge on any atom is 0.330 e. The summed E-state index contributed by atoms with van der Waals surface area (Å²) in [5.41, 5.74) is 0.424. The molecule has 4 atom stereocenters. The first-order valence-corrected chi connectivity index (χ1v) is 9.47. The van der Waals surface area contributed by atoms with Gasteiger partial charge in [-0.15, -0.1) is 0 Å². The van der Waals surface area contributed by atoms with E-state index in [-0.39, 0.29) is 19.3 Å². The second-order valence-corrected chi connectivity index (χ2v) is 7.05. The van der Waals surface area contributed by atoms with E-state index in [1.54, 1.807) is 6.92 Å². The molecule has 0 radical (unpaired) electrons. The van der Waals surface area contributed by atoms with Gasteiger partial charge in [0.1, 0.15) is 18.4 Å². The minimum atomic E-state index is -0.972. The first kappa shape index (κ1) is 21.4. The molecule has 3 rings (SSSR count). The van der Waals surface area contributed by atoms with Crippen LogP contribution in [0.5, 0.6) is 0 Å². The fourth-order valence-corrected chi connectivity index (χ4v) is 3.15. The quantitative estimate of drug-likeness (QED) is 0.539. The molecule has 2 heterocycles. The van der Waals surface area contributed by atoms with Crippen molar-refractivity contribution >= 4 is 0 Å². The molecule has 1 fully saturated rings. The van der Waals surface area contributed by atoms with Crippen LogP contribution in [0.25, 0.3) is 0 Å². The molecule has 1 aromatic heterocycles. The molecule has 3 N–H and O–H groups in total. The van der Waals surface area contributed by atoms with Crippen molar-refractivity contribution in [3.8, 4) is 0 Å². The fraction of sp³-hybridized carbons (Fsp3) is 0.500. The van der Waals surface area contributed by atoms with Crippen molar-refractivity contribution in [2.45, 2.75) is 44.5 Å². The maximum absolute atomic E-state index is 12.2. The van der Waals surface area contributed by atoms with Gasteiger partial charge in [0.05, 0.1) is 32.5 Å². The number of aliphatic hydroxyl groups excluding tert-OH is 2. The number of hydrogen-bond donors (Lipinski definition) is 3. The summed E-state index contributed by atoms with van der Waals surface area (Å²) in [6.45, 7) is 1.68. The summed E-state index contributed by atoms with van der Waals surface area (Å²) < 4.78 is 18.8. The van der Waals surface area contributed by atoms with Gasteiger partial charge in [-0.2, -0.15) is 0 Å². The Morgan fingerprint density at radius 2 is 2.07 bits per heavy atom. The average molecular weight is 406 g/mol. The molecule has 0 amide bonds. The molecule has 2 aromatic rings. The second-order valence-electron chi connectivity index (χ2n) is 7.05. The summed E-state index contributed by atoms with van der Waals surface area (Å²) in [7, 11) is 0. The summed E-state index contributed by atoms with van der Waals surface area (Å²) in [6, 6.07) is 9.67. The van der Waals surface area contributed by atoms with Crippen molar-refractivity contribution in [2.75, 3.05) is 19.8 Å². The number of ether oxygens (including phenoxy) is 3. The van der Waals surface area contributed by atoms with Crippen LogP contribution in [0.4, 0.5) is 0 Å². The van der Waals surface area contributed by atoms with Crippen molar-refractivity contribution < 1.29 is 24.4 Å². The van der Waals surface area contributed by atoms with Gasteiger partial charge in [-0.25, -0.2) is 4.79 Å². The Bertz CT molecular complexity index is 896. The van der Waals surface area contributed by atoms with Crippen molar-refractivity contribution in [1.82, 2.24) is 9.55 Å². The molecule has 0 aliphatic carbocycles. The van der Waals surface area contributed by atoms with Crippen LogP contribution < -0.4 is 11.2 Å². The van der Waals surface area contributed by atoms with E-state index in [2.05, 4.69) is 4.98 Å². The monoisotopic (exact) mass is 406 g/mol. The van der Waals surface area contributed by atoms with Crippen LogP contribution in [0.3, 0.4) is 0 Å². The lowest BCUT2D eigenvalue weighted by Gasteiger charge is -2.20. The van der Waals surface area contributed by atoms with Crippen molar-refractivity contribution in [3.63, 3.8) is 0 Å². The second kappa shape index (κ2) is 9.95. The number of aliphatic hydroxyl groups is 2. The van der Waals surface area contributed by atoms with E-state index in [1.807, 2.05) is 30.3 Å². The van der Waals surface area contributed by atoms with Crippen LogP contribution in [0, 0.1) is 6.92 Å². The molecule has 1 aliphatic rings. The predicted molar refractivity (Wildman–Crippen MR) is 104 cm³/mol. The molecular formula is C20H26N2O7. The summed E-state index contributed by atoms with van der Waals surface area (Å²) in [5.74, 6) is 0. The Balaban J connectivity index is 1.71. The van der Waals surface area contributed by atoms with Gasteiger partial charge >= 0.3 is 5.69 Å². The Morgan fingerprint density at radius 3 is 2.79 bits per heavy atom. The molecule has 9 nitrogen and oxygen atoms in total. The molecular weight excluding hydrogens is 380 g/mol. The van der Waals surface area contributed by atoms with Crippen LogP contribution in [0.1, 0.15) is 23.8 Å². The number of aryl methyl sites for hydroxylation is 1. The number of H-pyrrole nitrogens is 1. The molecule has 29 heavy (non-hydrogen) atoms. The minimum absolute atomic E-state index is 0.0376. The lowest BCUT2D eigenvalue weighted by Crippen LogP contribution is -2.33. The number of rotatable bonds is 9. The van der Waals surface area contributed by atoms with Crippen molar-refractivity contribution in [3.05, 3.63) is 68.5 Å². The summed E-state index contributed by atoms with van der Waals surface area (Å²) in [4.78, 5) is 26.1. The van der Waals surface area contributed by atoms with E-state index in [9.17, 15) is 14.7 Å². The highest BCUT2D eigenvalue weighted by Crippen LogP contribution is 2.30. The molecule has 158 valence electrons. The SMILES string of the molecule is Cc1cn([C@H]2C[C@H](OCc3ccccc3)[C@@H](COCC(O)CO)O2)c(=O)[nH]c1=O. The number of nitrogens with zero attached hydrogens (tertiary/aromatic N) is 1. The third kappa shape index (κ3) is 5.62. The normalized spacial score (nSPS) is 22.7. The van der Waals surface area contributed by atoms with Gasteiger partial charge in [0.15, 0.2) is 0 Å². The number of aromatic nitrogens is 2. The van der Waals surface area contributed by atoms with Gasteiger partial charge in [0.25, 0.3) is 5.56 Å². The third-order valence-electron chi connectivity index (χ3n) is 4.75. The van der Waals surface area contributed by atoms with Crippen molar-refractivity contribution in [1.29, 1.82) is 0 Å². The number of hydrogen-bond acceptors (Lipinski definition) is 7.